The summed E-state index contributed by atoms with van der Waals surface area (Å²) >= 11 is 5.85. The van der Waals surface area contributed by atoms with Gasteiger partial charge >= 0.3 is 6.18 Å². The number of carbonyl (C=O) groups excluding carboxylic acids is 1. The van der Waals surface area contributed by atoms with Gasteiger partial charge in [0.15, 0.2) is 0 Å². The third-order valence-corrected chi connectivity index (χ3v) is 2.90. The number of amides is 1. The van der Waals surface area contributed by atoms with Gasteiger partial charge in [-0.1, -0.05) is 29.8 Å². The zero-order valence-corrected chi connectivity index (χ0v) is 10.8. The molecular formula is C14H9ClF3NO. The SMILES string of the molecule is O=C(Nc1cccc(C(F)(F)F)c1)c1ccccc1Cl. The van der Waals surface area contributed by atoms with Crippen molar-refractivity contribution in [1.29, 1.82) is 0 Å². The van der Waals surface area contributed by atoms with Crippen LogP contribution >= 0.6 is 11.6 Å². The fraction of sp³-hybridized carbons (Fsp3) is 0.0714. The fourth-order valence-corrected chi connectivity index (χ4v) is 1.84. The zero-order valence-electron chi connectivity index (χ0n) is 10.0. The quantitative estimate of drug-likeness (QED) is 0.862. The molecule has 0 aliphatic rings. The van der Waals surface area contributed by atoms with E-state index < -0.39 is 17.6 Å². The van der Waals surface area contributed by atoms with Gasteiger partial charge in [-0.05, 0) is 30.3 Å². The van der Waals surface area contributed by atoms with Gasteiger partial charge in [-0.2, -0.15) is 13.2 Å². The predicted molar refractivity (Wildman–Crippen MR) is 70.8 cm³/mol. The molecule has 0 radical (unpaired) electrons. The Morgan fingerprint density at radius 2 is 1.75 bits per heavy atom. The van der Waals surface area contributed by atoms with E-state index in [1.54, 1.807) is 12.1 Å². The number of rotatable bonds is 2. The molecule has 2 nitrogen and oxygen atoms in total. The standard InChI is InChI=1S/C14H9ClF3NO/c15-12-7-2-1-6-11(12)13(20)19-10-5-3-4-9(8-10)14(16,17)18/h1-8H,(H,19,20). The lowest BCUT2D eigenvalue weighted by Gasteiger charge is -2.10. The molecule has 104 valence electrons. The maximum Gasteiger partial charge on any atom is 0.416 e. The van der Waals surface area contributed by atoms with Crippen LogP contribution in [0.25, 0.3) is 0 Å². The zero-order chi connectivity index (χ0) is 14.8. The second-order valence-electron chi connectivity index (χ2n) is 4.01. The summed E-state index contributed by atoms with van der Waals surface area (Å²) in [5.74, 6) is -0.560. The van der Waals surface area contributed by atoms with Crippen molar-refractivity contribution < 1.29 is 18.0 Å². The van der Waals surface area contributed by atoms with Crippen molar-refractivity contribution in [3.05, 3.63) is 64.7 Å². The molecule has 2 rings (SSSR count). The lowest BCUT2D eigenvalue weighted by Crippen LogP contribution is -2.13. The molecule has 0 bridgehead atoms. The first-order valence-electron chi connectivity index (χ1n) is 5.61. The summed E-state index contributed by atoms with van der Waals surface area (Å²) in [6, 6.07) is 10.7. The van der Waals surface area contributed by atoms with Crippen LogP contribution < -0.4 is 5.32 Å². The molecule has 2 aromatic carbocycles. The normalized spacial score (nSPS) is 11.2. The molecule has 0 aliphatic carbocycles. The van der Waals surface area contributed by atoms with E-state index in [1.807, 2.05) is 0 Å². The van der Waals surface area contributed by atoms with Crippen LogP contribution in [0.4, 0.5) is 18.9 Å². The maximum atomic E-state index is 12.6. The first-order valence-corrected chi connectivity index (χ1v) is 5.99. The van der Waals surface area contributed by atoms with Gasteiger partial charge < -0.3 is 5.32 Å². The van der Waals surface area contributed by atoms with E-state index in [9.17, 15) is 18.0 Å². The van der Waals surface area contributed by atoms with Crippen molar-refractivity contribution in [2.75, 3.05) is 5.32 Å². The van der Waals surface area contributed by atoms with Crippen LogP contribution in [-0.2, 0) is 6.18 Å². The van der Waals surface area contributed by atoms with E-state index in [4.69, 9.17) is 11.6 Å². The smallest absolute Gasteiger partial charge is 0.322 e. The molecule has 6 heteroatoms. The lowest BCUT2D eigenvalue weighted by molar-refractivity contribution is -0.137. The van der Waals surface area contributed by atoms with Crippen LogP contribution in [0.3, 0.4) is 0 Å². The Balaban J connectivity index is 2.23. The number of carbonyl (C=O) groups is 1. The van der Waals surface area contributed by atoms with Crippen LogP contribution in [0.2, 0.25) is 5.02 Å². The molecule has 0 atom stereocenters. The summed E-state index contributed by atoms with van der Waals surface area (Å²) in [5, 5.41) is 2.62. The molecule has 0 saturated heterocycles. The highest BCUT2D eigenvalue weighted by atomic mass is 35.5. The average molecular weight is 300 g/mol. The van der Waals surface area contributed by atoms with Crippen molar-refractivity contribution in [1.82, 2.24) is 0 Å². The van der Waals surface area contributed by atoms with Crippen molar-refractivity contribution >= 4 is 23.2 Å². The van der Waals surface area contributed by atoms with Gasteiger partial charge in [-0.15, -0.1) is 0 Å². The molecule has 0 aliphatic heterocycles. The largest absolute Gasteiger partial charge is 0.416 e. The van der Waals surface area contributed by atoms with E-state index in [1.165, 1.54) is 24.3 Å². The highest BCUT2D eigenvalue weighted by molar-refractivity contribution is 6.34. The third kappa shape index (κ3) is 3.30. The summed E-state index contributed by atoms with van der Waals surface area (Å²) in [6.07, 6.45) is -4.45. The topological polar surface area (TPSA) is 29.1 Å². The minimum Gasteiger partial charge on any atom is -0.322 e. The van der Waals surface area contributed by atoms with Gasteiger partial charge in [0.2, 0.25) is 0 Å². The Hall–Kier alpha value is -2.01. The van der Waals surface area contributed by atoms with Gasteiger partial charge in [0.1, 0.15) is 0 Å². The molecule has 0 heterocycles. The van der Waals surface area contributed by atoms with Crippen LogP contribution in [0, 0.1) is 0 Å². The lowest BCUT2D eigenvalue weighted by atomic mass is 10.1. The molecule has 0 unspecified atom stereocenters. The van der Waals surface area contributed by atoms with E-state index in [-0.39, 0.29) is 16.3 Å². The molecular weight excluding hydrogens is 291 g/mol. The van der Waals surface area contributed by atoms with Gasteiger partial charge in [-0.3, -0.25) is 4.79 Å². The minimum absolute atomic E-state index is 0.0599. The van der Waals surface area contributed by atoms with Crippen LogP contribution in [-0.4, -0.2) is 5.91 Å². The van der Waals surface area contributed by atoms with Crippen molar-refractivity contribution in [3.8, 4) is 0 Å². The summed E-state index contributed by atoms with van der Waals surface area (Å²) in [7, 11) is 0. The Labute approximate surface area is 118 Å². The van der Waals surface area contributed by atoms with Gasteiger partial charge in [0.25, 0.3) is 5.91 Å². The van der Waals surface area contributed by atoms with Gasteiger partial charge in [0.05, 0.1) is 16.1 Å². The summed E-state index contributed by atoms with van der Waals surface area (Å²) in [4.78, 5) is 11.9. The van der Waals surface area contributed by atoms with Crippen LogP contribution in [0.5, 0.6) is 0 Å². The number of anilines is 1. The third-order valence-electron chi connectivity index (χ3n) is 2.57. The molecule has 2 aromatic rings. The summed E-state index contributed by atoms with van der Waals surface area (Å²) in [6.45, 7) is 0. The maximum absolute atomic E-state index is 12.6. The van der Waals surface area contributed by atoms with E-state index >= 15 is 0 Å². The average Bonchev–Trinajstić information content (AvgIpc) is 2.38. The number of hydrogen-bond donors (Lipinski definition) is 1. The van der Waals surface area contributed by atoms with Gasteiger partial charge in [-0.25, -0.2) is 0 Å². The van der Waals surface area contributed by atoms with Gasteiger partial charge in [0, 0.05) is 5.69 Å². The number of benzene rings is 2. The Bertz CT molecular complexity index is 640. The van der Waals surface area contributed by atoms with Crippen LogP contribution in [0.1, 0.15) is 15.9 Å². The number of hydrogen-bond acceptors (Lipinski definition) is 1. The van der Waals surface area contributed by atoms with E-state index in [2.05, 4.69) is 5.32 Å². The Kier molecular flexibility index (Phi) is 3.99. The van der Waals surface area contributed by atoms with Crippen molar-refractivity contribution in [3.63, 3.8) is 0 Å². The fourth-order valence-electron chi connectivity index (χ4n) is 1.62. The number of alkyl halides is 3. The van der Waals surface area contributed by atoms with E-state index in [0.717, 1.165) is 12.1 Å². The van der Waals surface area contributed by atoms with Crippen molar-refractivity contribution in [2.24, 2.45) is 0 Å². The van der Waals surface area contributed by atoms with Crippen molar-refractivity contribution in [2.45, 2.75) is 6.18 Å². The summed E-state index contributed by atoms with van der Waals surface area (Å²) in [5.41, 5.74) is -0.564. The molecule has 0 saturated carbocycles. The first-order chi connectivity index (χ1) is 9.38. The number of halogens is 4. The molecule has 0 fully saturated rings. The highest BCUT2D eigenvalue weighted by Crippen LogP contribution is 2.30. The van der Waals surface area contributed by atoms with Crippen LogP contribution in [0.15, 0.2) is 48.5 Å². The Morgan fingerprint density at radius 1 is 1.05 bits per heavy atom. The predicted octanol–water partition coefficient (Wildman–Crippen LogP) is 4.61. The molecule has 0 spiro atoms. The molecule has 0 aromatic heterocycles. The van der Waals surface area contributed by atoms with E-state index in [0.29, 0.717) is 0 Å². The highest BCUT2D eigenvalue weighted by Gasteiger charge is 2.30. The molecule has 1 amide bonds. The minimum atomic E-state index is -4.45. The second-order valence-corrected chi connectivity index (χ2v) is 4.42. The molecule has 1 N–H and O–H groups in total. The summed E-state index contributed by atoms with van der Waals surface area (Å²) < 4.78 is 37.7. The Morgan fingerprint density at radius 3 is 2.40 bits per heavy atom. The number of nitrogens with one attached hydrogen (secondary N) is 1. The molecule has 20 heavy (non-hydrogen) atoms. The second kappa shape index (κ2) is 5.54. The first kappa shape index (κ1) is 14.4. The monoisotopic (exact) mass is 299 g/mol.